The number of nitrogens with zero attached hydrogens (tertiary/aromatic N) is 2. The second-order valence-corrected chi connectivity index (χ2v) is 4.52. The van der Waals surface area contributed by atoms with E-state index in [4.69, 9.17) is 0 Å². The van der Waals surface area contributed by atoms with E-state index in [1.807, 2.05) is 0 Å². The molecular weight excluding hydrogens is 275 g/mol. The summed E-state index contributed by atoms with van der Waals surface area (Å²) in [4.78, 5) is 17.2. The van der Waals surface area contributed by atoms with E-state index < -0.39 is 5.82 Å². The normalized spacial score (nSPS) is 20.2. The highest BCUT2D eigenvalue weighted by atomic mass is 79.9. The Hall–Kier alpha value is -1.23. The van der Waals surface area contributed by atoms with Crippen molar-refractivity contribution in [3.05, 3.63) is 35.2 Å². The first-order valence-electron chi connectivity index (χ1n) is 4.85. The van der Waals surface area contributed by atoms with Gasteiger partial charge in [-0.15, -0.1) is 6.58 Å². The largest absolute Gasteiger partial charge is 0.296 e. The smallest absolute Gasteiger partial charge is 0.228 e. The highest BCUT2D eigenvalue weighted by Crippen LogP contribution is 2.26. The van der Waals surface area contributed by atoms with Gasteiger partial charge in [0.15, 0.2) is 0 Å². The number of halogens is 2. The van der Waals surface area contributed by atoms with E-state index in [1.165, 1.54) is 17.2 Å². The van der Waals surface area contributed by atoms with Gasteiger partial charge in [-0.05, 0) is 15.9 Å². The van der Waals surface area contributed by atoms with Crippen LogP contribution in [0.3, 0.4) is 0 Å². The summed E-state index contributed by atoms with van der Waals surface area (Å²) in [5, 5.41) is 0. The molecule has 0 saturated carbocycles. The van der Waals surface area contributed by atoms with Crippen LogP contribution in [0.15, 0.2) is 29.4 Å². The highest BCUT2D eigenvalue weighted by Gasteiger charge is 2.29. The van der Waals surface area contributed by atoms with Crippen LogP contribution in [-0.2, 0) is 4.79 Å². The fourth-order valence-corrected chi connectivity index (χ4v) is 1.88. The molecule has 0 aliphatic carbocycles. The molecule has 1 aliphatic heterocycles. The maximum absolute atomic E-state index is 13.3. The fraction of sp³-hybridized carbons (Fsp3) is 0.273. The third-order valence-corrected chi connectivity index (χ3v) is 3.14. The topological polar surface area (TPSA) is 33.2 Å². The number of pyridine rings is 1. The SMILES string of the molecule is C=CC1CC(=O)N(c2cc(F)c(Br)cn2)C1. The van der Waals surface area contributed by atoms with Gasteiger partial charge in [0.1, 0.15) is 11.6 Å². The molecule has 0 radical (unpaired) electrons. The number of anilines is 1. The van der Waals surface area contributed by atoms with E-state index in [1.54, 1.807) is 6.08 Å². The lowest BCUT2D eigenvalue weighted by molar-refractivity contribution is -0.117. The zero-order chi connectivity index (χ0) is 11.7. The summed E-state index contributed by atoms with van der Waals surface area (Å²) in [6, 6.07) is 1.26. The van der Waals surface area contributed by atoms with Crippen LogP contribution in [0, 0.1) is 11.7 Å². The van der Waals surface area contributed by atoms with Gasteiger partial charge in [-0.25, -0.2) is 9.37 Å². The molecular formula is C11H10BrFN2O. The third-order valence-electron chi connectivity index (χ3n) is 2.56. The summed E-state index contributed by atoms with van der Waals surface area (Å²) in [6.45, 7) is 4.18. The maximum Gasteiger partial charge on any atom is 0.228 e. The van der Waals surface area contributed by atoms with Crippen LogP contribution in [0.2, 0.25) is 0 Å². The molecule has 3 nitrogen and oxygen atoms in total. The van der Waals surface area contributed by atoms with Crippen molar-refractivity contribution >= 4 is 27.7 Å². The molecule has 1 aromatic heterocycles. The zero-order valence-electron chi connectivity index (χ0n) is 8.49. The van der Waals surface area contributed by atoms with Crippen LogP contribution in [0.25, 0.3) is 0 Å². The van der Waals surface area contributed by atoms with E-state index in [-0.39, 0.29) is 11.8 Å². The first-order chi connectivity index (χ1) is 7.61. The number of carbonyl (C=O) groups is 1. The summed E-state index contributed by atoms with van der Waals surface area (Å²) < 4.78 is 13.6. The molecule has 5 heteroatoms. The summed E-state index contributed by atoms with van der Waals surface area (Å²) in [6.07, 6.45) is 3.52. The molecule has 84 valence electrons. The van der Waals surface area contributed by atoms with E-state index in [0.717, 1.165) is 0 Å². The predicted molar refractivity (Wildman–Crippen MR) is 62.6 cm³/mol. The lowest BCUT2D eigenvalue weighted by atomic mass is 10.1. The third kappa shape index (κ3) is 2.00. The summed E-state index contributed by atoms with van der Waals surface area (Å²) >= 11 is 3.02. The average molecular weight is 285 g/mol. The molecule has 1 unspecified atom stereocenters. The van der Waals surface area contributed by atoms with Gasteiger partial charge in [-0.1, -0.05) is 6.08 Å². The van der Waals surface area contributed by atoms with Crippen molar-refractivity contribution in [2.24, 2.45) is 5.92 Å². The van der Waals surface area contributed by atoms with Gasteiger partial charge in [-0.3, -0.25) is 9.69 Å². The maximum atomic E-state index is 13.3. The number of carbonyl (C=O) groups excluding carboxylic acids is 1. The molecule has 1 atom stereocenters. The Labute approximate surface area is 101 Å². The summed E-state index contributed by atoms with van der Waals surface area (Å²) in [5.41, 5.74) is 0. The monoisotopic (exact) mass is 284 g/mol. The van der Waals surface area contributed by atoms with Crippen molar-refractivity contribution in [3.8, 4) is 0 Å². The molecule has 0 N–H and O–H groups in total. The fourth-order valence-electron chi connectivity index (χ4n) is 1.67. The van der Waals surface area contributed by atoms with Gasteiger partial charge in [0, 0.05) is 31.1 Å². The highest BCUT2D eigenvalue weighted by molar-refractivity contribution is 9.10. The minimum absolute atomic E-state index is 0.0425. The van der Waals surface area contributed by atoms with Gasteiger partial charge < -0.3 is 0 Å². The molecule has 0 spiro atoms. The van der Waals surface area contributed by atoms with E-state index >= 15 is 0 Å². The lowest BCUT2D eigenvalue weighted by Crippen LogP contribution is -2.25. The molecule has 0 bridgehead atoms. The van der Waals surface area contributed by atoms with Crippen LogP contribution in [0.4, 0.5) is 10.2 Å². The minimum Gasteiger partial charge on any atom is -0.296 e. The summed E-state index contributed by atoms with van der Waals surface area (Å²) in [7, 11) is 0. The molecule has 2 heterocycles. The molecule has 1 fully saturated rings. The van der Waals surface area contributed by atoms with Crippen LogP contribution < -0.4 is 4.90 Å². The zero-order valence-corrected chi connectivity index (χ0v) is 10.1. The molecule has 1 saturated heterocycles. The summed E-state index contributed by atoms with van der Waals surface area (Å²) in [5.74, 6) is 0.0232. The van der Waals surface area contributed by atoms with Crippen molar-refractivity contribution in [2.75, 3.05) is 11.4 Å². The van der Waals surface area contributed by atoms with E-state index in [9.17, 15) is 9.18 Å². The van der Waals surface area contributed by atoms with Gasteiger partial charge in [-0.2, -0.15) is 0 Å². The standard InChI is InChI=1S/C11H10BrFN2O/c1-2-7-3-11(16)15(6-7)10-4-9(13)8(12)5-14-10/h2,4-5,7H,1,3,6H2. The van der Waals surface area contributed by atoms with E-state index in [2.05, 4.69) is 27.5 Å². The van der Waals surface area contributed by atoms with Crippen molar-refractivity contribution in [3.63, 3.8) is 0 Å². The van der Waals surface area contributed by atoms with Crippen molar-refractivity contribution in [1.82, 2.24) is 4.98 Å². The van der Waals surface area contributed by atoms with Gasteiger partial charge in [0.2, 0.25) is 5.91 Å². The molecule has 1 amide bonds. The lowest BCUT2D eigenvalue weighted by Gasteiger charge is -2.14. The quantitative estimate of drug-likeness (QED) is 0.782. The van der Waals surface area contributed by atoms with Gasteiger partial charge in [0.05, 0.1) is 4.47 Å². The Morgan fingerprint density at radius 2 is 2.44 bits per heavy atom. The van der Waals surface area contributed by atoms with Crippen molar-refractivity contribution in [2.45, 2.75) is 6.42 Å². The van der Waals surface area contributed by atoms with Gasteiger partial charge in [0.25, 0.3) is 0 Å². The molecule has 2 rings (SSSR count). The van der Waals surface area contributed by atoms with E-state index in [0.29, 0.717) is 23.3 Å². The van der Waals surface area contributed by atoms with Crippen LogP contribution in [0.5, 0.6) is 0 Å². The number of rotatable bonds is 2. The number of aromatic nitrogens is 1. The second kappa shape index (κ2) is 4.33. The predicted octanol–water partition coefficient (Wildman–Crippen LogP) is 2.52. The van der Waals surface area contributed by atoms with Crippen LogP contribution in [-0.4, -0.2) is 17.4 Å². The number of hydrogen-bond acceptors (Lipinski definition) is 2. The Morgan fingerprint density at radius 1 is 1.69 bits per heavy atom. The van der Waals surface area contributed by atoms with Gasteiger partial charge >= 0.3 is 0 Å². The Balaban J connectivity index is 2.27. The first kappa shape index (κ1) is 11.3. The molecule has 1 aromatic rings. The number of hydrogen-bond donors (Lipinski definition) is 0. The molecule has 0 aromatic carbocycles. The molecule has 1 aliphatic rings. The minimum atomic E-state index is -0.417. The average Bonchev–Trinajstić information content (AvgIpc) is 2.64. The van der Waals surface area contributed by atoms with Crippen LogP contribution >= 0.6 is 15.9 Å². The Bertz CT molecular complexity index is 450. The molecule has 16 heavy (non-hydrogen) atoms. The Morgan fingerprint density at radius 3 is 3.00 bits per heavy atom. The number of amides is 1. The Kier molecular flexibility index (Phi) is 3.05. The van der Waals surface area contributed by atoms with Crippen molar-refractivity contribution < 1.29 is 9.18 Å². The first-order valence-corrected chi connectivity index (χ1v) is 5.65. The van der Waals surface area contributed by atoms with Crippen LogP contribution in [0.1, 0.15) is 6.42 Å². The van der Waals surface area contributed by atoms with Crippen molar-refractivity contribution in [1.29, 1.82) is 0 Å². The second-order valence-electron chi connectivity index (χ2n) is 3.66.